The molecule has 1 aromatic carbocycles. The maximum Gasteiger partial charge on any atom is 0.307 e. The lowest BCUT2D eigenvalue weighted by Gasteiger charge is -2.17. The fourth-order valence-corrected chi connectivity index (χ4v) is 3.41. The first-order valence-corrected chi connectivity index (χ1v) is 8.01. The van der Waals surface area contributed by atoms with Gasteiger partial charge in [-0.1, -0.05) is 17.7 Å². The molecule has 2 fully saturated rings. The van der Waals surface area contributed by atoms with E-state index in [0.717, 1.165) is 25.1 Å². The zero-order valence-corrected chi connectivity index (χ0v) is 13.3. The molecular formula is C16H21ClN2O3. The van der Waals surface area contributed by atoms with Crippen LogP contribution in [0.5, 0.6) is 5.75 Å². The van der Waals surface area contributed by atoms with Gasteiger partial charge in [-0.15, -0.1) is 0 Å². The molecule has 2 heterocycles. The number of likely N-dealkylation sites (tertiary alicyclic amines) is 1. The number of hydrogen-bond acceptors (Lipinski definition) is 4. The number of rotatable bonds is 4. The molecule has 0 spiro atoms. The molecule has 0 bridgehead atoms. The summed E-state index contributed by atoms with van der Waals surface area (Å²) in [4.78, 5) is 13.3. The summed E-state index contributed by atoms with van der Waals surface area (Å²) >= 11 is 6.34. The zero-order chi connectivity index (χ0) is 15.7. The van der Waals surface area contributed by atoms with Crippen molar-refractivity contribution in [3.63, 3.8) is 0 Å². The maximum atomic E-state index is 11.0. The topological polar surface area (TPSA) is 61.8 Å². The number of hydrogen-bond donors (Lipinski definition) is 2. The van der Waals surface area contributed by atoms with E-state index in [1.165, 1.54) is 0 Å². The summed E-state index contributed by atoms with van der Waals surface area (Å²) in [5.74, 6) is -0.362. The molecule has 3 rings (SSSR count). The molecule has 0 amide bonds. The van der Waals surface area contributed by atoms with Gasteiger partial charge in [0.05, 0.1) is 10.9 Å². The molecular weight excluding hydrogens is 304 g/mol. The molecule has 2 aliphatic heterocycles. The molecule has 2 aliphatic rings. The number of carboxylic acid groups (broad SMARTS) is 1. The van der Waals surface area contributed by atoms with Crippen molar-refractivity contribution >= 4 is 17.6 Å². The largest absolute Gasteiger partial charge is 0.487 e. The van der Waals surface area contributed by atoms with Crippen molar-refractivity contribution in [2.45, 2.75) is 25.0 Å². The Morgan fingerprint density at radius 1 is 1.50 bits per heavy atom. The van der Waals surface area contributed by atoms with Gasteiger partial charge in [0.15, 0.2) is 0 Å². The highest BCUT2D eigenvalue weighted by Gasteiger charge is 2.30. The van der Waals surface area contributed by atoms with Crippen molar-refractivity contribution in [1.29, 1.82) is 0 Å². The van der Waals surface area contributed by atoms with E-state index >= 15 is 0 Å². The summed E-state index contributed by atoms with van der Waals surface area (Å²) in [6.07, 6.45) is 1.80. The molecule has 0 aromatic heterocycles. The van der Waals surface area contributed by atoms with E-state index in [4.69, 9.17) is 21.4 Å². The summed E-state index contributed by atoms with van der Waals surface area (Å²) in [5.41, 5.74) is 1.02. The standard InChI is InChI=1S/C16H21ClN2O3/c1-19-5-4-12(9-19)22-15-3-2-10(6-13(15)17)14-7-11(8-18-14)16(20)21/h2-3,6,11-12,14,18H,4-5,7-9H2,1H3,(H,20,21). The Labute approximate surface area is 135 Å². The van der Waals surface area contributed by atoms with Gasteiger partial charge in [-0.25, -0.2) is 0 Å². The first-order valence-electron chi connectivity index (χ1n) is 7.64. The Balaban J connectivity index is 1.66. The van der Waals surface area contributed by atoms with Gasteiger partial charge in [-0.05, 0) is 37.6 Å². The van der Waals surface area contributed by atoms with Crippen molar-refractivity contribution in [3.05, 3.63) is 28.8 Å². The second-order valence-electron chi connectivity index (χ2n) is 6.21. The molecule has 0 aliphatic carbocycles. The third kappa shape index (κ3) is 3.37. The number of carboxylic acids is 1. The van der Waals surface area contributed by atoms with Crippen LogP contribution in [-0.2, 0) is 4.79 Å². The minimum absolute atomic E-state index is 0.0465. The Hall–Kier alpha value is -1.30. The molecule has 3 unspecified atom stereocenters. The summed E-state index contributed by atoms with van der Waals surface area (Å²) in [6, 6.07) is 5.80. The number of likely N-dealkylation sites (N-methyl/N-ethyl adjacent to an activating group) is 1. The van der Waals surface area contributed by atoms with E-state index in [0.29, 0.717) is 23.7 Å². The second kappa shape index (κ2) is 6.44. The van der Waals surface area contributed by atoms with Crippen molar-refractivity contribution in [2.24, 2.45) is 5.92 Å². The van der Waals surface area contributed by atoms with Crippen LogP contribution < -0.4 is 10.1 Å². The quantitative estimate of drug-likeness (QED) is 0.888. The fraction of sp³-hybridized carbons (Fsp3) is 0.562. The summed E-state index contributed by atoms with van der Waals surface area (Å²) in [7, 11) is 2.08. The molecule has 22 heavy (non-hydrogen) atoms. The number of nitrogens with zero attached hydrogens (tertiary/aromatic N) is 1. The summed E-state index contributed by atoms with van der Waals surface area (Å²) in [5, 5.41) is 12.9. The third-order valence-electron chi connectivity index (χ3n) is 4.48. The number of carbonyl (C=O) groups is 1. The van der Waals surface area contributed by atoms with Crippen LogP contribution in [0.15, 0.2) is 18.2 Å². The second-order valence-corrected chi connectivity index (χ2v) is 6.62. The Bertz CT molecular complexity index is 566. The lowest BCUT2D eigenvalue weighted by molar-refractivity contribution is -0.141. The minimum Gasteiger partial charge on any atom is -0.487 e. The highest BCUT2D eigenvalue weighted by Crippen LogP contribution is 2.33. The van der Waals surface area contributed by atoms with Gasteiger partial charge < -0.3 is 20.1 Å². The maximum absolute atomic E-state index is 11.0. The SMILES string of the molecule is CN1CCC(Oc2ccc(C3CC(C(=O)O)CN3)cc2Cl)C1. The van der Waals surface area contributed by atoms with Crippen molar-refractivity contribution in [3.8, 4) is 5.75 Å². The summed E-state index contributed by atoms with van der Waals surface area (Å²) in [6.45, 7) is 2.47. The van der Waals surface area contributed by atoms with Crippen LogP contribution in [0.3, 0.4) is 0 Å². The molecule has 1 aromatic rings. The predicted molar refractivity (Wildman–Crippen MR) is 84.5 cm³/mol. The third-order valence-corrected chi connectivity index (χ3v) is 4.78. The van der Waals surface area contributed by atoms with Gasteiger partial charge in [0.2, 0.25) is 0 Å². The van der Waals surface area contributed by atoms with Crippen LogP contribution in [0.1, 0.15) is 24.4 Å². The monoisotopic (exact) mass is 324 g/mol. The van der Waals surface area contributed by atoms with Crippen molar-refractivity contribution in [1.82, 2.24) is 10.2 Å². The number of benzene rings is 1. The molecule has 3 atom stereocenters. The highest BCUT2D eigenvalue weighted by atomic mass is 35.5. The lowest BCUT2D eigenvalue weighted by atomic mass is 10.00. The first kappa shape index (κ1) is 15.6. The molecule has 120 valence electrons. The first-order chi connectivity index (χ1) is 10.5. The molecule has 5 nitrogen and oxygen atoms in total. The smallest absolute Gasteiger partial charge is 0.307 e. The van der Waals surface area contributed by atoms with Crippen LogP contribution in [0.25, 0.3) is 0 Å². The van der Waals surface area contributed by atoms with Crippen LogP contribution >= 0.6 is 11.6 Å². The average molecular weight is 325 g/mol. The predicted octanol–water partition coefficient (Wildman–Crippen LogP) is 2.16. The minimum atomic E-state index is -0.744. The number of halogens is 1. The molecule has 2 saturated heterocycles. The van der Waals surface area contributed by atoms with Crippen LogP contribution in [0.4, 0.5) is 0 Å². The van der Waals surface area contributed by atoms with E-state index < -0.39 is 5.97 Å². The normalized spacial score (nSPS) is 28.9. The number of ether oxygens (including phenoxy) is 1. The van der Waals surface area contributed by atoms with Crippen molar-refractivity contribution in [2.75, 3.05) is 26.7 Å². The zero-order valence-electron chi connectivity index (χ0n) is 12.6. The van der Waals surface area contributed by atoms with E-state index in [-0.39, 0.29) is 18.1 Å². The van der Waals surface area contributed by atoms with Gasteiger partial charge in [0.25, 0.3) is 0 Å². The van der Waals surface area contributed by atoms with Gasteiger partial charge >= 0.3 is 5.97 Å². The van der Waals surface area contributed by atoms with Gasteiger partial charge in [0, 0.05) is 25.7 Å². The van der Waals surface area contributed by atoms with E-state index in [1.54, 1.807) is 0 Å². The van der Waals surface area contributed by atoms with E-state index in [2.05, 4.69) is 17.3 Å². The van der Waals surface area contributed by atoms with Crippen LogP contribution in [0, 0.1) is 5.92 Å². The van der Waals surface area contributed by atoms with Crippen LogP contribution in [0.2, 0.25) is 5.02 Å². The molecule has 0 saturated carbocycles. The average Bonchev–Trinajstić information content (AvgIpc) is 3.10. The Morgan fingerprint density at radius 3 is 2.91 bits per heavy atom. The fourth-order valence-electron chi connectivity index (χ4n) is 3.18. The van der Waals surface area contributed by atoms with Gasteiger partial charge in [-0.2, -0.15) is 0 Å². The number of nitrogens with one attached hydrogen (secondary N) is 1. The Kier molecular flexibility index (Phi) is 4.57. The van der Waals surface area contributed by atoms with Gasteiger partial charge in [0.1, 0.15) is 11.9 Å². The van der Waals surface area contributed by atoms with Crippen molar-refractivity contribution < 1.29 is 14.6 Å². The van der Waals surface area contributed by atoms with Gasteiger partial charge in [-0.3, -0.25) is 4.79 Å². The summed E-state index contributed by atoms with van der Waals surface area (Å²) < 4.78 is 5.97. The van der Waals surface area contributed by atoms with E-state index in [1.807, 2.05) is 18.2 Å². The number of aliphatic carboxylic acids is 1. The molecule has 6 heteroatoms. The Morgan fingerprint density at radius 2 is 2.32 bits per heavy atom. The molecule has 2 N–H and O–H groups in total. The molecule has 0 radical (unpaired) electrons. The van der Waals surface area contributed by atoms with E-state index in [9.17, 15) is 4.79 Å². The highest BCUT2D eigenvalue weighted by molar-refractivity contribution is 6.32. The lowest BCUT2D eigenvalue weighted by Crippen LogP contribution is -2.21. The van der Waals surface area contributed by atoms with Crippen LogP contribution in [-0.4, -0.2) is 48.8 Å².